The van der Waals surface area contributed by atoms with Crippen LogP contribution in [0.1, 0.15) is 51.2 Å². The number of rotatable bonds is 5. The van der Waals surface area contributed by atoms with E-state index in [0.717, 1.165) is 24.8 Å². The van der Waals surface area contributed by atoms with Gasteiger partial charge in [-0.15, -0.1) is 0 Å². The number of fused-ring (bicyclic) bond motifs is 1. The van der Waals surface area contributed by atoms with E-state index in [-0.39, 0.29) is 34.7 Å². The van der Waals surface area contributed by atoms with Crippen molar-refractivity contribution in [3.63, 3.8) is 0 Å². The summed E-state index contributed by atoms with van der Waals surface area (Å²) in [6, 6.07) is 6.93. The third-order valence-corrected chi connectivity index (χ3v) is 7.52. The van der Waals surface area contributed by atoms with Crippen molar-refractivity contribution in [2.75, 3.05) is 20.3 Å². The average Bonchev–Trinajstić information content (AvgIpc) is 3.12. The van der Waals surface area contributed by atoms with Gasteiger partial charge in [-0.1, -0.05) is 26.0 Å². The molecule has 3 aliphatic rings. The molecule has 1 saturated heterocycles. The van der Waals surface area contributed by atoms with Gasteiger partial charge >= 0.3 is 0 Å². The summed E-state index contributed by atoms with van der Waals surface area (Å²) in [5.74, 6) is 0.708. The average molecular weight is 375 g/mol. The maximum Gasteiger partial charge on any atom is 0.222 e. The first-order valence-electron chi connectivity index (χ1n) is 10.0. The van der Waals surface area contributed by atoms with Crippen LogP contribution in [0.3, 0.4) is 0 Å². The minimum Gasteiger partial charge on any atom is -0.384 e. The fourth-order valence-corrected chi connectivity index (χ4v) is 6.23. The minimum absolute atomic E-state index is 0.0339. The van der Waals surface area contributed by atoms with Crippen molar-refractivity contribution in [2.24, 2.45) is 22.7 Å². The summed E-state index contributed by atoms with van der Waals surface area (Å²) >= 11 is 0. The van der Waals surface area contributed by atoms with Crippen molar-refractivity contribution in [2.45, 2.75) is 51.7 Å². The fraction of sp³-hybridized carbons (Fsp3) is 0.682. The number of benzene rings is 1. The van der Waals surface area contributed by atoms with Crippen LogP contribution in [0, 0.1) is 28.5 Å². The van der Waals surface area contributed by atoms with Crippen molar-refractivity contribution in [3.8, 4) is 0 Å². The molecule has 4 rings (SSSR count). The Bertz CT molecular complexity index is 721. The highest BCUT2D eigenvalue weighted by molar-refractivity contribution is 5.76. The van der Waals surface area contributed by atoms with Crippen molar-refractivity contribution >= 4 is 5.91 Å². The van der Waals surface area contributed by atoms with Gasteiger partial charge in [0.05, 0.1) is 12.7 Å². The quantitative estimate of drug-likeness (QED) is 0.850. The number of carbonyl (C=O) groups is 1. The first-order valence-corrected chi connectivity index (χ1v) is 10.0. The van der Waals surface area contributed by atoms with Crippen molar-refractivity contribution < 1.29 is 18.7 Å². The first kappa shape index (κ1) is 18.9. The van der Waals surface area contributed by atoms with Gasteiger partial charge in [-0.3, -0.25) is 4.79 Å². The molecule has 1 aromatic rings. The summed E-state index contributed by atoms with van der Waals surface area (Å²) in [6.07, 6.45) is 3.46. The highest BCUT2D eigenvalue weighted by atomic mass is 19.1. The molecule has 0 radical (unpaired) electrons. The van der Waals surface area contributed by atoms with Crippen LogP contribution in [-0.2, 0) is 14.3 Å². The number of hydrogen-bond donors (Lipinski definition) is 1. The lowest BCUT2D eigenvalue weighted by molar-refractivity contribution is -0.137. The molecule has 1 spiro atoms. The van der Waals surface area contributed by atoms with Crippen LogP contribution in [0.4, 0.5) is 4.39 Å². The Balaban J connectivity index is 1.63. The lowest BCUT2D eigenvalue weighted by Crippen LogP contribution is -2.59. The number of carbonyl (C=O) groups excluding carboxylic acids is 1. The zero-order valence-electron chi connectivity index (χ0n) is 16.5. The molecule has 1 unspecified atom stereocenters. The Kier molecular flexibility index (Phi) is 4.79. The van der Waals surface area contributed by atoms with E-state index in [0.29, 0.717) is 31.5 Å². The molecule has 2 aliphatic carbocycles. The van der Waals surface area contributed by atoms with E-state index < -0.39 is 0 Å². The first-order chi connectivity index (χ1) is 12.9. The molecule has 5 heteroatoms. The summed E-state index contributed by atoms with van der Waals surface area (Å²) in [6.45, 7) is 5.67. The largest absolute Gasteiger partial charge is 0.384 e. The molecule has 148 valence electrons. The number of hydrogen-bond acceptors (Lipinski definition) is 3. The molecule has 1 N–H and O–H groups in total. The van der Waals surface area contributed by atoms with Gasteiger partial charge in [-0.2, -0.15) is 0 Å². The lowest BCUT2D eigenvalue weighted by Gasteiger charge is -2.53. The molecule has 3 fully saturated rings. The summed E-state index contributed by atoms with van der Waals surface area (Å²) in [7, 11) is 1.62. The van der Waals surface area contributed by atoms with Crippen LogP contribution in [0.2, 0.25) is 0 Å². The highest BCUT2D eigenvalue weighted by Crippen LogP contribution is 2.70. The predicted molar refractivity (Wildman–Crippen MR) is 101 cm³/mol. The van der Waals surface area contributed by atoms with E-state index in [1.165, 1.54) is 6.07 Å². The molecule has 1 amide bonds. The number of methoxy groups -OCH3 is 1. The second-order valence-corrected chi connectivity index (χ2v) is 9.14. The van der Waals surface area contributed by atoms with Crippen LogP contribution in [0.5, 0.6) is 0 Å². The van der Waals surface area contributed by atoms with Gasteiger partial charge in [-0.05, 0) is 59.6 Å². The molecule has 1 heterocycles. The van der Waals surface area contributed by atoms with Crippen molar-refractivity contribution in [1.29, 1.82) is 0 Å². The number of halogens is 1. The Morgan fingerprint density at radius 2 is 2.22 bits per heavy atom. The normalized spacial score (nSPS) is 36.4. The van der Waals surface area contributed by atoms with E-state index in [9.17, 15) is 9.18 Å². The van der Waals surface area contributed by atoms with E-state index in [2.05, 4.69) is 19.2 Å². The van der Waals surface area contributed by atoms with Gasteiger partial charge in [0.25, 0.3) is 0 Å². The van der Waals surface area contributed by atoms with E-state index in [1.54, 1.807) is 19.2 Å². The van der Waals surface area contributed by atoms with Crippen LogP contribution in [-0.4, -0.2) is 32.3 Å². The van der Waals surface area contributed by atoms with Gasteiger partial charge < -0.3 is 14.8 Å². The molecule has 1 aliphatic heterocycles. The Hall–Kier alpha value is -1.46. The van der Waals surface area contributed by atoms with Gasteiger partial charge in [0.15, 0.2) is 0 Å². The molecule has 4 nitrogen and oxygen atoms in total. The standard InChI is InChI=1S/C22H30FNO3/c1-21(2)15-12-17-19(14-5-4-6-16(23)11-14)27-10-8-22(17,13-15)20(21)24-18(25)7-9-26-3/h4-6,11,15,17,19-20H,7-10,12-13H2,1-3H3,(H,24,25)/t15-,17-,19-,20+,22?/m1/s1. The molecule has 0 aromatic heterocycles. The molecule has 1 aromatic carbocycles. The zero-order valence-corrected chi connectivity index (χ0v) is 16.5. The number of amides is 1. The van der Waals surface area contributed by atoms with Gasteiger partial charge in [0, 0.05) is 26.2 Å². The SMILES string of the molecule is COCCC(=O)N[C@H]1C(C)(C)[C@@H]2C[C@@H]3[C@@H](c4cccc(F)c4)OCCC31C2. The number of nitrogens with one attached hydrogen (secondary N) is 1. The van der Waals surface area contributed by atoms with Crippen molar-refractivity contribution in [1.82, 2.24) is 5.32 Å². The Morgan fingerprint density at radius 3 is 2.96 bits per heavy atom. The summed E-state index contributed by atoms with van der Waals surface area (Å²) < 4.78 is 25.1. The second kappa shape index (κ2) is 6.85. The van der Waals surface area contributed by atoms with E-state index >= 15 is 0 Å². The van der Waals surface area contributed by atoms with Crippen LogP contribution < -0.4 is 5.32 Å². The summed E-state index contributed by atoms with van der Waals surface area (Å²) in [5, 5.41) is 3.36. The Labute approximate surface area is 160 Å². The van der Waals surface area contributed by atoms with Gasteiger partial charge in [0.2, 0.25) is 5.91 Å². The van der Waals surface area contributed by atoms with Crippen molar-refractivity contribution in [3.05, 3.63) is 35.6 Å². The summed E-state index contributed by atoms with van der Waals surface area (Å²) in [5.41, 5.74) is 1.02. The third-order valence-electron chi connectivity index (χ3n) is 7.52. The van der Waals surface area contributed by atoms with Crippen LogP contribution in [0.15, 0.2) is 24.3 Å². The monoisotopic (exact) mass is 375 g/mol. The number of ether oxygens (including phenoxy) is 2. The smallest absolute Gasteiger partial charge is 0.222 e. The molecular weight excluding hydrogens is 345 g/mol. The third kappa shape index (κ3) is 2.99. The summed E-state index contributed by atoms with van der Waals surface area (Å²) in [4.78, 5) is 12.5. The second-order valence-electron chi connectivity index (χ2n) is 9.14. The fourth-order valence-electron chi connectivity index (χ4n) is 6.23. The van der Waals surface area contributed by atoms with Gasteiger partial charge in [0.1, 0.15) is 5.82 Å². The van der Waals surface area contributed by atoms with Crippen LogP contribution in [0.25, 0.3) is 0 Å². The predicted octanol–water partition coefficient (Wildman–Crippen LogP) is 3.86. The molecule has 2 saturated carbocycles. The molecular formula is C22H30FNO3. The molecule has 2 bridgehead atoms. The van der Waals surface area contributed by atoms with E-state index in [4.69, 9.17) is 9.47 Å². The van der Waals surface area contributed by atoms with Crippen LogP contribution >= 0.6 is 0 Å². The maximum atomic E-state index is 13.8. The topological polar surface area (TPSA) is 47.6 Å². The highest BCUT2D eigenvalue weighted by Gasteiger charge is 2.68. The molecule has 27 heavy (non-hydrogen) atoms. The van der Waals surface area contributed by atoms with Gasteiger partial charge in [-0.25, -0.2) is 4.39 Å². The lowest BCUT2D eigenvalue weighted by atomic mass is 9.59. The minimum atomic E-state index is -0.219. The van der Waals surface area contributed by atoms with E-state index in [1.807, 2.05) is 6.07 Å². The Morgan fingerprint density at radius 1 is 1.41 bits per heavy atom. The maximum absolute atomic E-state index is 13.8. The molecule has 5 atom stereocenters. The zero-order chi connectivity index (χ0) is 19.2.